The van der Waals surface area contributed by atoms with Gasteiger partial charge < -0.3 is 10.4 Å². The van der Waals surface area contributed by atoms with Gasteiger partial charge in [0.05, 0.1) is 6.54 Å². The van der Waals surface area contributed by atoms with E-state index in [0.717, 1.165) is 10.7 Å². The molecule has 0 saturated carbocycles. The monoisotopic (exact) mass is 186 g/mol. The zero-order chi connectivity index (χ0) is 8.97. The number of thiazole rings is 1. The minimum Gasteiger partial charge on any atom is -0.480 e. The summed E-state index contributed by atoms with van der Waals surface area (Å²) >= 11 is 1.53. The van der Waals surface area contributed by atoms with Gasteiger partial charge in [-0.25, -0.2) is 4.98 Å². The maximum absolute atomic E-state index is 10.1. The lowest BCUT2D eigenvalue weighted by Crippen LogP contribution is -2.21. The number of aliphatic carboxylic acids is 1. The van der Waals surface area contributed by atoms with Crippen molar-refractivity contribution < 1.29 is 9.90 Å². The zero-order valence-corrected chi connectivity index (χ0v) is 7.52. The molecule has 1 aromatic rings. The lowest BCUT2D eigenvalue weighted by molar-refractivity contribution is -0.135. The molecule has 5 heteroatoms. The number of rotatable bonds is 4. The number of aryl methyl sites for hydroxylation is 1. The molecule has 0 bridgehead atoms. The fourth-order valence-electron chi connectivity index (χ4n) is 0.760. The molecule has 0 aliphatic heterocycles. The number of nitrogens with one attached hydrogen (secondary N) is 1. The third-order valence-corrected chi connectivity index (χ3v) is 2.19. The quantitative estimate of drug-likeness (QED) is 0.723. The van der Waals surface area contributed by atoms with Crippen molar-refractivity contribution in [3.05, 3.63) is 16.1 Å². The van der Waals surface area contributed by atoms with E-state index in [4.69, 9.17) is 5.11 Å². The van der Waals surface area contributed by atoms with Crippen LogP contribution in [0, 0.1) is 6.92 Å². The van der Waals surface area contributed by atoms with E-state index < -0.39 is 5.97 Å². The van der Waals surface area contributed by atoms with Crippen molar-refractivity contribution in [1.82, 2.24) is 10.3 Å². The maximum Gasteiger partial charge on any atom is 0.317 e. The molecule has 1 rings (SSSR count). The standard InChI is InChI=1S/C7H10N2O2S/c1-5-4-12-6(9-5)2-8-3-7(10)11/h4,8H,2-3H2,1H3,(H,10,11). The molecule has 1 aromatic heterocycles. The lowest BCUT2D eigenvalue weighted by Gasteiger charge is -1.95. The van der Waals surface area contributed by atoms with Crippen molar-refractivity contribution in [3.8, 4) is 0 Å². The van der Waals surface area contributed by atoms with E-state index in [0.29, 0.717) is 6.54 Å². The van der Waals surface area contributed by atoms with Gasteiger partial charge in [0.2, 0.25) is 0 Å². The minimum atomic E-state index is -0.844. The molecule has 0 unspecified atom stereocenters. The van der Waals surface area contributed by atoms with Crippen LogP contribution in [0.5, 0.6) is 0 Å². The Morgan fingerprint density at radius 1 is 1.83 bits per heavy atom. The Bertz CT molecular complexity index is 272. The fraction of sp³-hybridized carbons (Fsp3) is 0.429. The molecule has 0 atom stereocenters. The Morgan fingerprint density at radius 3 is 3.08 bits per heavy atom. The number of hydrogen-bond acceptors (Lipinski definition) is 4. The van der Waals surface area contributed by atoms with Crippen LogP contribution < -0.4 is 5.32 Å². The summed E-state index contributed by atoms with van der Waals surface area (Å²) in [6.45, 7) is 2.43. The van der Waals surface area contributed by atoms with Gasteiger partial charge in [-0.2, -0.15) is 0 Å². The van der Waals surface area contributed by atoms with Crippen LogP contribution in [0.4, 0.5) is 0 Å². The molecular formula is C7H10N2O2S. The van der Waals surface area contributed by atoms with Gasteiger partial charge >= 0.3 is 5.97 Å². The predicted molar refractivity (Wildman–Crippen MR) is 46.2 cm³/mol. The third-order valence-electron chi connectivity index (χ3n) is 1.22. The molecule has 0 saturated heterocycles. The van der Waals surface area contributed by atoms with Crippen molar-refractivity contribution in [2.45, 2.75) is 13.5 Å². The number of hydrogen-bond donors (Lipinski definition) is 2. The smallest absolute Gasteiger partial charge is 0.317 e. The molecule has 2 N–H and O–H groups in total. The van der Waals surface area contributed by atoms with Gasteiger partial charge in [-0.3, -0.25) is 4.79 Å². The number of carbonyl (C=O) groups is 1. The van der Waals surface area contributed by atoms with E-state index in [1.54, 1.807) is 0 Å². The van der Waals surface area contributed by atoms with Crippen molar-refractivity contribution in [2.24, 2.45) is 0 Å². The van der Waals surface area contributed by atoms with Gasteiger partial charge in [-0.15, -0.1) is 11.3 Å². The Balaban J connectivity index is 2.29. The van der Waals surface area contributed by atoms with Gasteiger partial charge in [0.1, 0.15) is 5.01 Å². The fourth-order valence-corrected chi connectivity index (χ4v) is 1.50. The van der Waals surface area contributed by atoms with Crippen molar-refractivity contribution >= 4 is 17.3 Å². The van der Waals surface area contributed by atoms with Gasteiger partial charge in [-0.05, 0) is 6.92 Å². The number of carboxylic acids is 1. The van der Waals surface area contributed by atoms with Crippen LogP contribution in [0.25, 0.3) is 0 Å². The maximum atomic E-state index is 10.1. The normalized spacial score (nSPS) is 10.1. The van der Waals surface area contributed by atoms with Crippen LogP contribution in [0.3, 0.4) is 0 Å². The third kappa shape index (κ3) is 2.98. The summed E-state index contributed by atoms with van der Waals surface area (Å²) in [5, 5.41) is 13.9. The zero-order valence-electron chi connectivity index (χ0n) is 6.70. The molecule has 0 fully saturated rings. The van der Waals surface area contributed by atoms with Crippen LogP contribution in [0.1, 0.15) is 10.7 Å². The molecular weight excluding hydrogens is 176 g/mol. The van der Waals surface area contributed by atoms with Crippen molar-refractivity contribution in [3.63, 3.8) is 0 Å². The summed E-state index contributed by atoms with van der Waals surface area (Å²) < 4.78 is 0. The van der Waals surface area contributed by atoms with Gasteiger partial charge in [0.15, 0.2) is 0 Å². The first-order valence-corrected chi connectivity index (χ1v) is 4.40. The molecule has 0 aliphatic rings. The first kappa shape index (κ1) is 9.15. The Hall–Kier alpha value is -0.940. The summed E-state index contributed by atoms with van der Waals surface area (Å²) in [5.41, 5.74) is 0.979. The topological polar surface area (TPSA) is 62.2 Å². The minimum absolute atomic E-state index is 0.0153. The molecule has 0 radical (unpaired) electrons. The molecule has 12 heavy (non-hydrogen) atoms. The molecule has 0 aromatic carbocycles. The average Bonchev–Trinajstić information content (AvgIpc) is 2.35. The molecule has 1 heterocycles. The van der Waals surface area contributed by atoms with Crippen LogP contribution in [-0.4, -0.2) is 22.6 Å². The number of aromatic nitrogens is 1. The molecule has 0 aliphatic carbocycles. The molecule has 4 nitrogen and oxygen atoms in total. The molecule has 66 valence electrons. The van der Waals surface area contributed by atoms with Gasteiger partial charge in [0.25, 0.3) is 0 Å². The predicted octanol–water partition coefficient (Wildman–Crippen LogP) is 0.626. The van der Waals surface area contributed by atoms with Gasteiger partial charge in [0, 0.05) is 17.6 Å². The van der Waals surface area contributed by atoms with Crippen LogP contribution in [0.15, 0.2) is 5.38 Å². The number of nitrogens with zero attached hydrogens (tertiary/aromatic N) is 1. The highest BCUT2D eigenvalue weighted by Crippen LogP contribution is 2.07. The van der Waals surface area contributed by atoms with E-state index in [2.05, 4.69) is 10.3 Å². The SMILES string of the molecule is Cc1csc(CNCC(=O)O)n1. The van der Waals surface area contributed by atoms with E-state index in [1.165, 1.54) is 11.3 Å². The summed E-state index contributed by atoms with van der Waals surface area (Å²) in [5.74, 6) is -0.844. The molecule has 0 amide bonds. The lowest BCUT2D eigenvalue weighted by atomic mass is 10.5. The van der Waals surface area contributed by atoms with E-state index in [-0.39, 0.29) is 6.54 Å². The molecule has 0 spiro atoms. The van der Waals surface area contributed by atoms with Crippen molar-refractivity contribution in [1.29, 1.82) is 0 Å². The second-order valence-electron chi connectivity index (χ2n) is 2.38. The highest BCUT2D eigenvalue weighted by molar-refractivity contribution is 7.09. The van der Waals surface area contributed by atoms with E-state index >= 15 is 0 Å². The highest BCUT2D eigenvalue weighted by atomic mass is 32.1. The Labute approximate surface area is 74.3 Å². The van der Waals surface area contributed by atoms with Crippen LogP contribution in [-0.2, 0) is 11.3 Å². The second kappa shape index (κ2) is 4.18. The Kier molecular flexibility index (Phi) is 3.19. The first-order chi connectivity index (χ1) is 5.68. The van der Waals surface area contributed by atoms with Gasteiger partial charge in [-0.1, -0.05) is 0 Å². The van der Waals surface area contributed by atoms with E-state index in [9.17, 15) is 4.79 Å². The van der Waals surface area contributed by atoms with Crippen LogP contribution in [0.2, 0.25) is 0 Å². The van der Waals surface area contributed by atoms with Crippen molar-refractivity contribution in [2.75, 3.05) is 6.54 Å². The average molecular weight is 186 g/mol. The highest BCUT2D eigenvalue weighted by Gasteiger charge is 1.99. The van der Waals surface area contributed by atoms with E-state index in [1.807, 2.05) is 12.3 Å². The second-order valence-corrected chi connectivity index (χ2v) is 3.32. The number of carboxylic acid groups (broad SMARTS) is 1. The van der Waals surface area contributed by atoms with Crippen LogP contribution >= 0.6 is 11.3 Å². The summed E-state index contributed by atoms with van der Waals surface area (Å²) in [4.78, 5) is 14.3. The summed E-state index contributed by atoms with van der Waals surface area (Å²) in [7, 11) is 0. The summed E-state index contributed by atoms with van der Waals surface area (Å²) in [6, 6.07) is 0. The Morgan fingerprint density at radius 2 is 2.58 bits per heavy atom. The summed E-state index contributed by atoms with van der Waals surface area (Å²) in [6.07, 6.45) is 0. The largest absolute Gasteiger partial charge is 0.480 e. The first-order valence-electron chi connectivity index (χ1n) is 3.52.